The normalized spacial score (nSPS) is 23.0. The van der Waals surface area contributed by atoms with E-state index in [1.165, 1.54) is 5.56 Å². The molecule has 82 valence electrons. The molecule has 3 rings (SSSR count). The van der Waals surface area contributed by atoms with E-state index in [-0.39, 0.29) is 18.2 Å². The van der Waals surface area contributed by atoms with Gasteiger partial charge in [0, 0.05) is 25.7 Å². The molecule has 2 heterocycles. The highest BCUT2D eigenvalue weighted by atomic mass is 35.5. The van der Waals surface area contributed by atoms with E-state index in [2.05, 4.69) is 10.2 Å². The van der Waals surface area contributed by atoms with Crippen LogP contribution in [-0.4, -0.2) is 25.7 Å². The summed E-state index contributed by atoms with van der Waals surface area (Å²) in [7, 11) is 0. The van der Waals surface area contributed by atoms with Crippen LogP contribution in [0.15, 0.2) is 18.2 Å². The standard InChI is InChI=1S/C11H13FN2.ClH/c12-10-3-1-2-8-6-9-7-13-4-5-14(9)11(8)10;/h1-3,9,13H,4-7H2;1H. The summed E-state index contributed by atoms with van der Waals surface area (Å²) in [6.45, 7) is 2.87. The Morgan fingerprint density at radius 1 is 1.40 bits per heavy atom. The molecule has 0 bridgehead atoms. The lowest BCUT2D eigenvalue weighted by Crippen LogP contribution is -2.49. The fourth-order valence-electron chi connectivity index (χ4n) is 2.54. The highest BCUT2D eigenvalue weighted by molar-refractivity contribution is 5.85. The van der Waals surface area contributed by atoms with E-state index in [0.717, 1.165) is 31.7 Å². The number of fused-ring (bicyclic) bond motifs is 3. The number of piperazine rings is 1. The van der Waals surface area contributed by atoms with Crippen LogP contribution in [0.25, 0.3) is 0 Å². The van der Waals surface area contributed by atoms with Crippen molar-refractivity contribution < 1.29 is 4.39 Å². The smallest absolute Gasteiger partial charge is 0.146 e. The van der Waals surface area contributed by atoms with Crippen LogP contribution >= 0.6 is 12.4 Å². The van der Waals surface area contributed by atoms with Crippen LogP contribution < -0.4 is 10.2 Å². The molecule has 1 saturated heterocycles. The van der Waals surface area contributed by atoms with Crippen LogP contribution in [0.3, 0.4) is 0 Å². The summed E-state index contributed by atoms with van der Waals surface area (Å²) in [5.41, 5.74) is 2.01. The van der Waals surface area contributed by atoms with Crippen LogP contribution in [-0.2, 0) is 6.42 Å². The Kier molecular flexibility index (Phi) is 2.85. The molecule has 0 aliphatic carbocycles. The summed E-state index contributed by atoms with van der Waals surface area (Å²) in [5.74, 6) is -0.0631. The lowest BCUT2D eigenvalue weighted by atomic mass is 10.1. The van der Waals surface area contributed by atoms with Gasteiger partial charge in [-0.2, -0.15) is 0 Å². The Labute approximate surface area is 94.9 Å². The molecule has 0 amide bonds. The summed E-state index contributed by atoms with van der Waals surface area (Å²) in [5, 5.41) is 3.35. The van der Waals surface area contributed by atoms with Crippen molar-refractivity contribution in [3.8, 4) is 0 Å². The van der Waals surface area contributed by atoms with Gasteiger partial charge in [-0.05, 0) is 18.1 Å². The highest BCUT2D eigenvalue weighted by Crippen LogP contribution is 2.34. The summed E-state index contributed by atoms with van der Waals surface area (Å²) in [6, 6.07) is 5.87. The Hall–Kier alpha value is -0.800. The van der Waals surface area contributed by atoms with E-state index in [9.17, 15) is 4.39 Å². The Balaban J connectivity index is 0.000000853. The Morgan fingerprint density at radius 2 is 2.27 bits per heavy atom. The average Bonchev–Trinajstić information content (AvgIpc) is 2.57. The number of benzene rings is 1. The van der Waals surface area contributed by atoms with Crippen molar-refractivity contribution in [3.05, 3.63) is 29.6 Å². The minimum atomic E-state index is -0.0631. The van der Waals surface area contributed by atoms with Crippen LogP contribution in [0.1, 0.15) is 5.56 Å². The minimum Gasteiger partial charge on any atom is -0.363 e. The van der Waals surface area contributed by atoms with Gasteiger partial charge in [0.2, 0.25) is 0 Å². The van der Waals surface area contributed by atoms with Crippen molar-refractivity contribution in [2.24, 2.45) is 0 Å². The number of hydrogen-bond donors (Lipinski definition) is 1. The summed E-state index contributed by atoms with van der Waals surface area (Å²) in [6.07, 6.45) is 0.986. The monoisotopic (exact) mass is 228 g/mol. The molecule has 4 heteroatoms. The first-order valence-corrected chi connectivity index (χ1v) is 5.11. The molecule has 0 spiro atoms. The van der Waals surface area contributed by atoms with Gasteiger partial charge in [0.25, 0.3) is 0 Å². The summed E-state index contributed by atoms with van der Waals surface area (Å²) in [4.78, 5) is 2.21. The van der Waals surface area contributed by atoms with Gasteiger partial charge in [0.15, 0.2) is 0 Å². The molecule has 1 aromatic carbocycles. The molecule has 1 N–H and O–H groups in total. The van der Waals surface area contributed by atoms with Crippen LogP contribution in [0.2, 0.25) is 0 Å². The molecule has 0 saturated carbocycles. The first kappa shape index (κ1) is 10.7. The van der Waals surface area contributed by atoms with Crippen LogP contribution in [0.5, 0.6) is 0 Å². The Morgan fingerprint density at radius 3 is 3.13 bits per heavy atom. The number of halogens is 2. The van der Waals surface area contributed by atoms with Gasteiger partial charge in [-0.25, -0.2) is 4.39 Å². The fraction of sp³-hybridized carbons (Fsp3) is 0.455. The number of nitrogens with zero attached hydrogens (tertiary/aromatic N) is 1. The SMILES string of the molecule is Cl.Fc1cccc2c1N1CCNCC1C2. The lowest BCUT2D eigenvalue weighted by molar-refractivity contribution is 0.489. The van der Waals surface area contributed by atoms with E-state index in [1.54, 1.807) is 12.1 Å². The third-order valence-corrected chi connectivity index (χ3v) is 3.16. The topological polar surface area (TPSA) is 15.3 Å². The second-order valence-corrected chi connectivity index (χ2v) is 4.00. The first-order valence-electron chi connectivity index (χ1n) is 5.11. The van der Waals surface area contributed by atoms with Crippen molar-refractivity contribution in [2.45, 2.75) is 12.5 Å². The molecular weight excluding hydrogens is 215 g/mol. The fourth-order valence-corrected chi connectivity index (χ4v) is 2.54. The van der Waals surface area contributed by atoms with Crippen LogP contribution in [0, 0.1) is 5.82 Å². The molecule has 15 heavy (non-hydrogen) atoms. The number of nitrogens with one attached hydrogen (secondary N) is 1. The van der Waals surface area contributed by atoms with Gasteiger partial charge >= 0.3 is 0 Å². The lowest BCUT2D eigenvalue weighted by Gasteiger charge is -2.32. The number of para-hydroxylation sites is 1. The molecule has 1 aromatic rings. The molecule has 1 fully saturated rings. The van der Waals surface area contributed by atoms with Crippen LogP contribution in [0.4, 0.5) is 10.1 Å². The molecule has 1 unspecified atom stereocenters. The third-order valence-electron chi connectivity index (χ3n) is 3.16. The van der Waals surface area contributed by atoms with Crippen molar-refractivity contribution in [1.82, 2.24) is 5.32 Å². The maximum Gasteiger partial charge on any atom is 0.146 e. The van der Waals surface area contributed by atoms with Gasteiger partial charge in [-0.1, -0.05) is 12.1 Å². The van der Waals surface area contributed by atoms with E-state index >= 15 is 0 Å². The van der Waals surface area contributed by atoms with Crippen molar-refractivity contribution in [1.29, 1.82) is 0 Å². The molecular formula is C11H14ClFN2. The molecule has 0 aromatic heterocycles. The predicted molar refractivity (Wildman–Crippen MR) is 61.4 cm³/mol. The zero-order valence-electron chi connectivity index (χ0n) is 8.37. The largest absolute Gasteiger partial charge is 0.363 e. The summed E-state index contributed by atoms with van der Waals surface area (Å²) >= 11 is 0. The zero-order valence-corrected chi connectivity index (χ0v) is 9.19. The van der Waals surface area contributed by atoms with Crippen molar-refractivity contribution in [2.75, 3.05) is 24.5 Å². The average molecular weight is 229 g/mol. The predicted octanol–water partition coefficient (Wildman–Crippen LogP) is 1.58. The maximum absolute atomic E-state index is 13.6. The molecule has 1 atom stereocenters. The molecule has 2 aliphatic heterocycles. The number of anilines is 1. The van der Waals surface area contributed by atoms with E-state index in [0.29, 0.717) is 6.04 Å². The summed E-state index contributed by atoms with van der Waals surface area (Å²) < 4.78 is 13.6. The second kappa shape index (κ2) is 3.99. The van der Waals surface area contributed by atoms with Gasteiger partial charge in [-0.3, -0.25) is 0 Å². The quantitative estimate of drug-likeness (QED) is 0.726. The first-order chi connectivity index (χ1) is 6.86. The number of hydrogen-bond acceptors (Lipinski definition) is 2. The highest BCUT2D eigenvalue weighted by Gasteiger charge is 2.32. The number of rotatable bonds is 0. The van der Waals surface area contributed by atoms with Crippen molar-refractivity contribution >= 4 is 18.1 Å². The van der Waals surface area contributed by atoms with Gasteiger partial charge in [0.05, 0.1) is 5.69 Å². The van der Waals surface area contributed by atoms with E-state index in [1.807, 2.05) is 6.07 Å². The minimum absolute atomic E-state index is 0. The third kappa shape index (κ3) is 1.60. The maximum atomic E-state index is 13.6. The molecule has 2 aliphatic rings. The zero-order chi connectivity index (χ0) is 9.54. The van der Waals surface area contributed by atoms with E-state index < -0.39 is 0 Å². The van der Waals surface area contributed by atoms with E-state index in [4.69, 9.17) is 0 Å². The molecule has 2 nitrogen and oxygen atoms in total. The second-order valence-electron chi connectivity index (χ2n) is 4.00. The Bertz CT molecular complexity index is 370. The van der Waals surface area contributed by atoms with Crippen molar-refractivity contribution in [3.63, 3.8) is 0 Å². The van der Waals surface area contributed by atoms with Gasteiger partial charge in [0.1, 0.15) is 5.82 Å². The van der Waals surface area contributed by atoms with Gasteiger partial charge in [-0.15, -0.1) is 12.4 Å². The molecule has 0 radical (unpaired) electrons. The van der Waals surface area contributed by atoms with Gasteiger partial charge < -0.3 is 10.2 Å².